The first kappa shape index (κ1) is 30.7. The van der Waals surface area contributed by atoms with Gasteiger partial charge in [-0.15, -0.1) is 0 Å². The van der Waals surface area contributed by atoms with Gasteiger partial charge < -0.3 is 4.74 Å². The molecule has 0 unspecified atom stereocenters. The molecule has 0 amide bonds. The Bertz CT molecular complexity index is 780. The Balaban J connectivity index is 0.000000960. The molecule has 0 bridgehead atoms. The Morgan fingerprint density at radius 2 is 1.70 bits per heavy atom. The minimum Gasteiger partial charge on any atom is -0.462 e. The molecule has 2 heteroatoms. The smallest absolute Gasteiger partial charge is 0.302 e. The highest BCUT2D eigenvalue weighted by atomic mass is 16.5. The van der Waals surface area contributed by atoms with Crippen molar-refractivity contribution in [3.8, 4) is 0 Å². The van der Waals surface area contributed by atoms with Crippen LogP contribution in [0, 0.1) is 5.41 Å². The number of hydrogen-bond donors (Lipinski definition) is 0. The maximum Gasteiger partial charge on any atom is 0.302 e. The summed E-state index contributed by atoms with van der Waals surface area (Å²) in [6, 6.07) is 0. The highest BCUT2D eigenvalue weighted by molar-refractivity contribution is 5.66. The molecule has 0 radical (unpaired) electrons. The topological polar surface area (TPSA) is 26.3 Å². The molecule has 1 aliphatic rings. The van der Waals surface area contributed by atoms with Crippen LogP contribution in [0.4, 0.5) is 0 Å². The van der Waals surface area contributed by atoms with Crippen molar-refractivity contribution in [2.45, 2.75) is 93.9 Å². The van der Waals surface area contributed by atoms with E-state index in [-0.39, 0.29) is 11.4 Å². The van der Waals surface area contributed by atoms with Gasteiger partial charge in [0.05, 0.1) is 0 Å². The standard InChI is InChI=1S/C22H32O2.C9H16/c1-17(9-7-10-18(2)14-16-24-20(4)23)12-13-21-19(3)11-8-15-22(21,5)6;1-3-5-7-9-8-6-4-2/h7,9-10,12-14H,8,11,15-16H2,1-6H3;5,7-9H,3-4,6H2,1-2H3/b10-7+,13-12+,17-9+,18-14+;7-5+,9-8-. The second-order valence-electron chi connectivity index (χ2n) is 9.34. The van der Waals surface area contributed by atoms with Crippen molar-refractivity contribution in [1.29, 1.82) is 0 Å². The zero-order valence-electron chi connectivity index (χ0n) is 22.5. The molecule has 0 aromatic carbocycles. The van der Waals surface area contributed by atoms with Crippen LogP contribution in [0.3, 0.4) is 0 Å². The maximum absolute atomic E-state index is 10.7. The first-order valence-corrected chi connectivity index (χ1v) is 12.5. The minimum absolute atomic E-state index is 0.251. The van der Waals surface area contributed by atoms with Crippen molar-refractivity contribution < 1.29 is 9.53 Å². The quantitative estimate of drug-likeness (QED) is 0.244. The molecular formula is C31H48O2. The maximum atomic E-state index is 10.7. The molecule has 0 spiro atoms. The van der Waals surface area contributed by atoms with Gasteiger partial charge in [-0.2, -0.15) is 0 Å². The summed E-state index contributed by atoms with van der Waals surface area (Å²) in [5.41, 5.74) is 5.60. The molecule has 0 aromatic rings. The lowest BCUT2D eigenvalue weighted by molar-refractivity contribution is -0.139. The molecule has 0 heterocycles. The summed E-state index contributed by atoms with van der Waals surface area (Å²) < 4.78 is 4.89. The van der Waals surface area contributed by atoms with Gasteiger partial charge in [-0.05, 0) is 69.9 Å². The highest BCUT2D eigenvalue weighted by Crippen LogP contribution is 2.40. The monoisotopic (exact) mass is 452 g/mol. The molecule has 0 N–H and O–H groups in total. The molecule has 0 saturated heterocycles. The number of rotatable bonds is 10. The van der Waals surface area contributed by atoms with E-state index in [1.165, 1.54) is 55.7 Å². The van der Waals surface area contributed by atoms with E-state index in [9.17, 15) is 4.79 Å². The number of esters is 1. The summed E-state index contributed by atoms with van der Waals surface area (Å²) in [6.07, 6.45) is 28.5. The molecule has 0 fully saturated rings. The first-order chi connectivity index (χ1) is 15.6. The fourth-order valence-electron chi connectivity index (χ4n) is 3.55. The number of allylic oxidation sites excluding steroid dienone is 13. The summed E-state index contributed by atoms with van der Waals surface area (Å²) >= 11 is 0. The summed E-state index contributed by atoms with van der Waals surface area (Å²) in [5.74, 6) is -0.251. The van der Waals surface area contributed by atoms with Crippen molar-refractivity contribution in [2.24, 2.45) is 5.41 Å². The van der Waals surface area contributed by atoms with Crippen LogP contribution < -0.4 is 0 Å². The third kappa shape index (κ3) is 16.0. The molecule has 0 aromatic heterocycles. The van der Waals surface area contributed by atoms with Gasteiger partial charge in [0.1, 0.15) is 6.61 Å². The van der Waals surface area contributed by atoms with Gasteiger partial charge in [0.25, 0.3) is 0 Å². The summed E-state index contributed by atoms with van der Waals surface area (Å²) in [7, 11) is 0. The largest absolute Gasteiger partial charge is 0.462 e. The van der Waals surface area contributed by atoms with Gasteiger partial charge in [-0.25, -0.2) is 0 Å². The SMILES string of the molecule is CC(=O)OC/C=C(C)/C=C/C=C(C)/C=C/C1=C(C)CCCC1(C)C.CC/C=C/C=C\CCC. The van der Waals surface area contributed by atoms with E-state index in [1.807, 2.05) is 25.2 Å². The van der Waals surface area contributed by atoms with Crippen molar-refractivity contribution in [3.63, 3.8) is 0 Å². The van der Waals surface area contributed by atoms with E-state index < -0.39 is 0 Å². The van der Waals surface area contributed by atoms with Gasteiger partial charge in [-0.3, -0.25) is 4.79 Å². The van der Waals surface area contributed by atoms with Gasteiger partial charge in [0, 0.05) is 6.92 Å². The minimum atomic E-state index is -0.251. The Hall–Kier alpha value is -2.35. The van der Waals surface area contributed by atoms with Gasteiger partial charge in [0.15, 0.2) is 0 Å². The zero-order valence-corrected chi connectivity index (χ0v) is 22.5. The van der Waals surface area contributed by atoms with Crippen LogP contribution in [-0.4, -0.2) is 12.6 Å². The average Bonchev–Trinajstić information content (AvgIpc) is 2.73. The van der Waals surface area contributed by atoms with Gasteiger partial charge in [-0.1, -0.05) is 106 Å². The number of hydrogen-bond acceptors (Lipinski definition) is 2. The molecule has 184 valence electrons. The second-order valence-corrected chi connectivity index (χ2v) is 9.34. The van der Waals surface area contributed by atoms with E-state index in [0.29, 0.717) is 6.61 Å². The van der Waals surface area contributed by atoms with Crippen LogP contribution in [0.25, 0.3) is 0 Å². The van der Waals surface area contributed by atoms with Crippen LogP contribution in [0.15, 0.2) is 83.1 Å². The molecule has 0 saturated carbocycles. The summed E-state index contributed by atoms with van der Waals surface area (Å²) in [4.78, 5) is 10.7. The number of ether oxygens (including phenoxy) is 1. The Morgan fingerprint density at radius 3 is 2.30 bits per heavy atom. The third-order valence-corrected chi connectivity index (χ3v) is 5.54. The highest BCUT2D eigenvalue weighted by Gasteiger charge is 2.26. The van der Waals surface area contributed by atoms with E-state index in [4.69, 9.17) is 4.74 Å². The fourth-order valence-corrected chi connectivity index (χ4v) is 3.55. The molecule has 0 aliphatic heterocycles. The van der Waals surface area contributed by atoms with Gasteiger partial charge in [0.2, 0.25) is 0 Å². The molecule has 33 heavy (non-hydrogen) atoms. The van der Waals surface area contributed by atoms with Crippen LogP contribution >= 0.6 is 0 Å². The van der Waals surface area contributed by atoms with E-state index >= 15 is 0 Å². The molecule has 0 atom stereocenters. The van der Waals surface area contributed by atoms with Crippen molar-refractivity contribution in [2.75, 3.05) is 6.61 Å². The first-order valence-electron chi connectivity index (χ1n) is 12.5. The lowest BCUT2D eigenvalue weighted by atomic mass is 9.72. The lowest BCUT2D eigenvalue weighted by Crippen LogP contribution is -2.19. The van der Waals surface area contributed by atoms with Crippen molar-refractivity contribution >= 4 is 5.97 Å². The number of carbonyl (C=O) groups is 1. The molecule has 2 nitrogen and oxygen atoms in total. The molecule has 1 rings (SSSR count). The summed E-state index contributed by atoms with van der Waals surface area (Å²) in [6.45, 7) is 17.1. The van der Waals surface area contributed by atoms with E-state index in [2.05, 4.69) is 84.1 Å². The van der Waals surface area contributed by atoms with Crippen molar-refractivity contribution in [3.05, 3.63) is 83.1 Å². The zero-order chi connectivity index (χ0) is 25.1. The van der Waals surface area contributed by atoms with Crippen molar-refractivity contribution in [1.82, 2.24) is 0 Å². The van der Waals surface area contributed by atoms with Crippen LogP contribution in [-0.2, 0) is 9.53 Å². The Labute approximate surface area is 204 Å². The van der Waals surface area contributed by atoms with Crippen LogP contribution in [0.5, 0.6) is 0 Å². The second kappa shape index (κ2) is 18.1. The third-order valence-electron chi connectivity index (χ3n) is 5.54. The normalized spacial score (nSPS) is 17.3. The van der Waals surface area contributed by atoms with Crippen LogP contribution in [0.1, 0.15) is 93.9 Å². The Kier molecular flexibility index (Phi) is 16.8. The van der Waals surface area contributed by atoms with Crippen LogP contribution in [0.2, 0.25) is 0 Å². The number of carbonyl (C=O) groups excluding carboxylic acids is 1. The van der Waals surface area contributed by atoms with E-state index in [1.54, 1.807) is 0 Å². The average molecular weight is 453 g/mol. The lowest BCUT2D eigenvalue weighted by Gasteiger charge is -2.32. The molecule has 1 aliphatic carbocycles. The predicted octanol–water partition coefficient (Wildman–Crippen LogP) is 9.39. The summed E-state index contributed by atoms with van der Waals surface area (Å²) in [5, 5.41) is 0. The number of unbranched alkanes of at least 4 members (excludes halogenated alkanes) is 1. The van der Waals surface area contributed by atoms with E-state index in [0.717, 1.165) is 12.0 Å². The Morgan fingerprint density at radius 1 is 1.00 bits per heavy atom. The fraction of sp³-hybridized carbons (Fsp3) is 0.516. The predicted molar refractivity (Wildman–Crippen MR) is 146 cm³/mol. The molecular weight excluding hydrogens is 404 g/mol. The van der Waals surface area contributed by atoms with Gasteiger partial charge >= 0.3 is 5.97 Å².